The summed E-state index contributed by atoms with van der Waals surface area (Å²) in [5, 5.41) is 11.6. The molecule has 0 aliphatic carbocycles. The first kappa shape index (κ1) is 16.7. The normalized spacial score (nSPS) is 18.3. The van der Waals surface area contributed by atoms with Crippen LogP contribution < -0.4 is 5.32 Å². The average molecular weight is 316 g/mol. The highest BCUT2D eigenvalue weighted by Gasteiger charge is 2.34. The fraction of sp³-hybridized carbons (Fsp3) is 0.353. The molecule has 1 aliphatic rings. The molecule has 23 heavy (non-hydrogen) atoms. The van der Waals surface area contributed by atoms with Gasteiger partial charge in [-0.15, -0.1) is 0 Å². The summed E-state index contributed by atoms with van der Waals surface area (Å²) in [6, 6.07) is 5.78. The molecule has 1 atom stereocenters. The van der Waals surface area contributed by atoms with Crippen molar-refractivity contribution in [2.45, 2.75) is 19.9 Å². The number of carbonyl (C=O) groups excluding carboxylic acids is 2. The van der Waals surface area contributed by atoms with Gasteiger partial charge in [0.15, 0.2) is 0 Å². The second-order valence-electron chi connectivity index (χ2n) is 5.77. The zero-order chi connectivity index (χ0) is 17.0. The van der Waals surface area contributed by atoms with Crippen LogP contribution in [0.1, 0.15) is 29.8 Å². The SMILES string of the molecule is CC(C)C1C(=O)NCCN1C(=O)/C=C/c1ccc(C(=O)O)cc1. The molecule has 6 nitrogen and oxygen atoms in total. The molecular formula is C17H20N2O4. The smallest absolute Gasteiger partial charge is 0.335 e. The van der Waals surface area contributed by atoms with E-state index in [0.717, 1.165) is 5.56 Å². The van der Waals surface area contributed by atoms with Gasteiger partial charge in [0.1, 0.15) is 6.04 Å². The van der Waals surface area contributed by atoms with Crippen LogP contribution >= 0.6 is 0 Å². The number of hydrogen-bond acceptors (Lipinski definition) is 3. The van der Waals surface area contributed by atoms with Gasteiger partial charge < -0.3 is 15.3 Å². The Hall–Kier alpha value is -2.63. The van der Waals surface area contributed by atoms with Gasteiger partial charge in [0, 0.05) is 19.2 Å². The van der Waals surface area contributed by atoms with E-state index in [1.54, 1.807) is 23.1 Å². The predicted molar refractivity (Wildman–Crippen MR) is 85.8 cm³/mol. The second kappa shape index (κ2) is 7.09. The molecular weight excluding hydrogens is 296 g/mol. The number of rotatable bonds is 4. The van der Waals surface area contributed by atoms with E-state index in [4.69, 9.17) is 5.11 Å². The van der Waals surface area contributed by atoms with E-state index >= 15 is 0 Å². The summed E-state index contributed by atoms with van der Waals surface area (Å²) >= 11 is 0. The molecule has 0 saturated carbocycles. The molecule has 1 aliphatic heterocycles. The maximum atomic E-state index is 12.4. The summed E-state index contributed by atoms with van der Waals surface area (Å²) in [5.41, 5.74) is 0.923. The third-order valence-corrected chi connectivity index (χ3v) is 3.75. The van der Waals surface area contributed by atoms with Crippen molar-refractivity contribution in [2.75, 3.05) is 13.1 Å². The fourth-order valence-electron chi connectivity index (χ4n) is 2.59. The number of benzene rings is 1. The monoisotopic (exact) mass is 316 g/mol. The lowest BCUT2D eigenvalue weighted by Crippen LogP contribution is -2.58. The Labute approximate surface area is 134 Å². The van der Waals surface area contributed by atoms with Gasteiger partial charge in [-0.3, -0.25) is 9.59 Å². The van der Waals surface area contributed by atoms with Crippen LogP contribution in [0.5, 0.6) is 0 Å². The molecule has 122 valence electrons. The minimum absolute atomic E-state index is 0.0301. The van der Waals surface area contributed by atoms with E-state index in [-0.39, 0.29) is 23.3 Å². The molecule has 0 aromatic heterocycles. The molecule has 2 N–H and O–H groups in total. The van der Waals surface area contributed by atoms with Crippen LogP contribution in [0.4, 0.5) is 0 Å². The zero-order valence-electron chi connectivity index (χ0n) is 13.2. The summed E-state index contributed by atoms with van der Waals surface area (Å²) in [5.74, 6) is -1.31. The number of piperazine rings is 1. The van der Waals surface area contributed by atoms with Gasteiger partial charge in [-0.25, -0.2) is 4.79 Å². The van der Waals surface area contributed by atoms with Gasteiger partial charge in [0.05, 0.1) is 5.56 Å². The molecule has 1 fully saturated rings. The number of carboxylic acid groups (broad SMARTS) is 1. The topological polar surface area (TPSA) is 86.7 Å². The van der Waals surface area contributed by atoms with Crippen LogP contribution in [0.15, 0.2) is 30.3 Å². The molecule has 1 unspecified atom stereocenters. The molecule has 0 radical (unpaired) electrons. The Kier molecular flexibility index (Phi) is 5.16. The quantitative estimate of drug-likeness (QED) is 0.822. The van der Waals surface area contributed by atoms with Gasteiger partial charge in [-0.1, -0.05) is 26.0 Å². The standard InChI is InChI=1S/C17H20N2O4/c1-11(2)15-16(21)18-9-10-19(15)14(20)8-5-12-3-6-13(7-4-12)17(22)23/h3-8,11,15H,9-10H2,1-2H3,(H,18,21)(H,22,23)/b8-5+. The van der Waals surface area contributed by atoms with E-state index < -0.39 is 12.0 Å². The first-order valence-electron chi connectivity index (χ1n) is 7.50. The molecule has 2 rings (SSSR count). The van der Waals surface area contributed by atoms with Crippen LogP contribution in [0.3, 0.4) is 0 Å². The van der Waals surface area contributed by atoms with Crippen molar-refractivity contribution in [2.24, 2.45) is 5.92 Å². The second-order valence-corrected chi connectivity index (χ2v) is 5.77. The maximum Gasteiger partial charge on any atom is 0.335 e. The van der Waals surface area contributed by atoms with Crippen LogP contribution in [0, 0.1) is 5.92 Å². The van der Waals surface area contributed by atoms with Crippen molar-refractivity contribution in [1.29, 1.82) is 0 Å². The Morgan fingerprint density at radius 1 is 1.30 bits per heavy atom. The largest absolute Gasteiger partial charge is 0.478 e. The van der Waals surface area contributed by atoms with Gasteiger partial charge >= 0.3 is 5.97 Å². The van der Waals surface area contributed by atoms with Crippen LogP contribution in [-0.2, 0) is 9.59 Å². The maximum absolute atomic E-state index is 12.4. The minimum Gasteiger partial charge on any atom is -0.478 e. The highest BCUT2D eigenvalue weighted by atomic mass is 16.4. The number of hydrogen-bond donors (Lipinski definition) is 2. The van der Waals surface area contributed by atoms with Gasteiger partial charge in [-0.05, 0) is 29.7 Å². The van der Waals surface area contributed by atoms with Crippen LogP contribution in [0.2, 0.25) is 0 Å². The van der Waals surface area contributed by atoms with E-state index in [1.165, 1.54) is 18.2 Å². The van der Waals surface area contributed by atoms with Crippen molar-refractivity contribution < 1.29 is 19.5 Å². The summed E-state index contributed by atoms with van der Waals surface area (Å²) in [6.45, 7) is 4.75. The lowest BCUT2D eigenvalue weighted by Gasteiger charge is -2.36. The van der Waals surface area contributed by atoms with E-state index in [0.29, 0.717) is 13.1 Å². The van der Waals surface area contributed by atoms with Gasteiger partial charge in [-0.2, -0.15) is 0 Å². The van der Waals surface area contributed by atoms with Crippen LogP contribution in [0.25, 0.3) is 6.08 Å². The third kappa shape index (κ3) is 3.97. The van der Waals surface area contributed by atoms with E-state index in [1.807, 2.05) is 13.8 Å². The predicted octanol–water partition coefficient (Wildman–Crippen LogP) is 1.38. The third-order valence-electron chi connectivity index (χ3n) is 3.75. The fourth-order valence-corrected chi connectivity index (χ4v) is 2.59. The van der Waals surface area contributed by atoms with E-state index in [2.05, 4.69) is 5.32 Å². The van der Waals surface area contributed by atoms with Crippen LogP contribution in [-0.4, -0.2) is 46.9 Å². The summed E-state index contributed by atoms with van der Waals surface area (Å²) in [7, 11) is 0. The number of carboxylic acids is 1. The molecule has 1 aromatic carbocycles. The summed E-state index contributed by atoms with van der Waals surface area (Å²) in [4.78, 5) is 36.7. The lowest BCUT2D eigenvalue weighted by atomic mass is 9.99. The highest BCUT2D eigenvalue weighted by molar-refractivity contribution is 5.96. The first-order chi connectivity index (χ1) is 10.9. The molecule has 1 heterocycles. The van der Waals surface area contributed by atoms with Crippen molar-refractivity contribution in [1.82, 2.24) is 10.2 Å². The number of nitrogens with one attached hydrogen (secondary N) is 1. The van der Waals surface area contributed by atoms with Gasteiger partial charge in [0.25, 0.3) is 0 Å². The Balaban J connectivity index is 2.10. The Bertz CT molecular complexity index is 634. The average Bonchev–Trinajstić information content (AvgIpc) is 2.52. The Morgan fingerprint density at radius 2 is 1.96 bits per heavy atom. The lowest BCUT2D eigenvalue weighted by molar-refractivity contribution is -0.141. The minimum atomic E-state index is -0.990. The summed E-state index contributed by atoms with van der Waals surface area (Å²) < 4.78 is 0. The number of nitrogens with zero attached hydrogens (tertiary/aromatic N) is 1. The molecule has 1 aromatic rings. The summed E-state index contributed by atoms with van der Waals surface area (Å²) in [6.07, 6.45) is 3.04. The Morgan fingerprint density at radius 3 is 2.52 bits per heavy atom. The van der Waals surface area contributed by atoms with Crippen molar-refractivity contribution in [3.63, 3.8) is 0 Å². The van der Waals surface area contributed by atoms with Crippen molar-refractivity contribution in [3.05, 3.63) is 41.5 Å². The van der Waals surface area contributed by atoms with Crippen molar-refractivity contribution >= 4 is 23.9 Å². The first-order valence-corrected chi connectivity index (χ1v) is 7.50. The highest BCUT2D eigenvalue weighted by Crippen LogP contribution is 2.15. The number of aromatic carboxylic acids is 1. The molecule has 6 heteroatoms. The van der Waals surface area contributed by atoms with E-state index in [9.17, 15) is 14.4 Å². The number of amides is 2. The molecule has 1 saturated heterocycles. The van der Waals surface area contributed by atoms with Gasteiger partial charge in [0.2, 0.25) is 11.8 Å². The zero-order valence-corrected chi connectivity index (χ0v) is 13.2. The molecule has 0 spiro atoms. The molecule has 2 amide bonds. The van der Waals surface area contributed by atoms with Crippen molar-refractivity contribution in [3.8, 4) is 0 Å². The molecule has 0 bridgehead atoms. The number of carbonyl (C=O) groups is 3.